The van der Waals surface area contributed by atoms with Gasteiger partial charge in [0.25, 0.3) is 0 Å². The van der Waals surface area contributed by atoms with E-state index in [0.717, 1.165) is 0 Å². The highest BCUT2D eigenvalue weighted by Gasteiger charge is 2.56. The van der Waals surface area contributed by atoms with E-state index in [1.807, 2.05) is 6.07 Å². The van der Waals surface area contributed by atoms with Crippen LogP contribution in [-0.2, 0) is 9.84 Å². The third kappa shape index (κ3) is 1.35. The monoisotopic (exact) mass is 221 g/mol. The predicted molar refractivity (Wildman–Crippen MR) is 55.9 cm³/mol. The van der Waals surface area contributed by atoms with Crippen molar-refractivity contribution in [3.63, 3.8) is 0 Å². The lowest BCUT2D eigenvalue weighted by atomic mass is 10.2. The second kappa shape index (κ2) is 3.07. The number of benzene rings is 1. The Balaban J connectivity index is 2.59. The maximum atomic E-state index is 12.1. The van der Waals surface area contributed by atoms with Crippen LogP contribution in [0, 0.1) is 18.3 Å². The maximum Gasteiger partial charge on any atom is 0.197 e. The van der Waals surface area contributed by atoms with Gasteiger partial charge in [0, 0.05) is 0 Å². The van der Waals surface area contributed by atoms with E-state index >= 15 is 0 Å². The number of nitriles is 1. The van der Waals surface area contributed by atoms with Gasteiger partial charge in [-0.1, -0.05) is 18.2 Å². The minimum Gasteiger partial charge on any atom is -0.222 e. The second-order valence-electron chi connectivity index (χ2n) is 3.88. The maximum absolute atomic E-state index is 12.1. The van der Waals surface area contributed by atoms with E-state index in [1.54, 1.807) is 31.2 Å². The SMILES string of the molecule is Cc1ccccc1S(=O)(=O)C1(C#N)CC1. The molecule has 3 nitrogen and oxygen atoms in total. The molecule has 78 valence electrons. The Labute approximate surface area is 89.3 Å². The van der Waals surface area contributed by atoms with Gasteiger partial charge in [-0.3, -0.25) is 0 Å². The van der Waals surface area contributed by atoms with E-state index < -0.39 is 14.6 Å². The molecule has 0 unspecified atom stereocenters. The first-order chi connectivity index (χ1) is 7.03. The molecule has 0 amide bonds. The highest BCUT2D eigenvalue weighted by molar-refractivity contribution is 7.93. The molecular weight excluding hydrogens is 210 g/mol. The molecule has 1 saturated carbocycles. The quantitative estimate of drug-likeness (QED) is 0.765. The van der Waals surface area contributed by atoms with Gasteiger partial charge in [-0.05, 0) is 31.4 Å². The molecule has 0 radical (unpaired) electrons. The van der Waals surface area contributed by atoms with Crippen molar-refractivity contribution in [3.8, 4) is 6.07 Å². The fraction of sp³-hybridized carbons (Fsp3) is 0.364. The number of hydrogen-bond acceptors (Lipinski definition) is 3. The summed E-state index contributed by atoms with van der Waals surface area (Å²) in [5.74, 6) is 0. The Morgan fingerprint density at radius 2 is 1.93 bits per heavy atom. The van der Waals surface area contributed by atoms with Gasteiger partial charge < -0.3 is 0 Å². The highest BCUT2D eigenvalue weighted by Crippen LogP contribution is 2.46. The Morgan fingerprint density at radius 1 is 1.33 bits per heavy atom. The van der Waals surface area contributed by atoms with Crippen LogP contribution in [0.1, 0.15) is 18.4 Å². The molecule has 15 heavy (non-hydrogen) atoms. The Kier molecular flexibility index (Phi) is 2.09. The van der Waals surface area contributed by atoms with Crippen LogP contribution in [0.2, 0.25) is 0 Å². The van der Waals surface area contributed by atoms with Gasteiger partial charge in [-0.25, -0.2) is 8.42 Å². The van der Waals surface area contributed by atoms with Crippen molar-refractivity contribution >= 4 is 9.84 Å². The summed E-state index contributed by atoms with van der Waals surface area (Å²) in [7, 11) is -3.47. The first-order valence-corrected chi connectivity index (χ1v) is 6.23. The van der Waals surface area contributed by atoms with Crippen LogP contribution in [0.3, 0.4) is 0 Å². The fourth-order valence-corrected chi connectivity index (χ4v) is 3.55. The minimum absolute atomic E-state index is 0.295. The smallest absolute Gasteiger partial charge is 0.197 e. The third-order valence-electron chi connectivity index (χ3n) is 2.81. The highest BCUT2D eigenvalue weighted by atomic mass is 32.2. The minimum atomic E-state index is -3.47. The number of aryl methyl sites for hydroxylation is 1. The van der Waals surface area contributed by atoms with Crippen LogP contribution < -0.4 is 0 Å². The number of rotatable bonds is 2. The van der Waals surface area contributed by atoms with Gasteiger partial charge in [0.2, 0.25) is 0 Å². The number of hydrogen-bond donors (Lipinski definition) is 0. The molecular formula is C11H11NO2S. The average Bonchev–Trinajstić information content (AvgIpc) is 2.98. The van der Waals surface area contributed by atoms with Gasteiger partial charge in [-0.2, -0.15) is 5.26 Å². The van der Waals surface area contributed by atoms with Gasteiger partial charge in [0.05, 0.1) is 11.0 Å². The summed E-state index contributed by atoms with van der Waals surface area (Å²) in [5, 5.41) is 8.92. The van der Waals surface area contributed by atoms with Crippen LogP contribution in [0.5, 0.6) is 0 Å². The van der Waals surface area contributed by atoms with E-state index in [9.17, 15) is 8.42 Å². The Bertz CT molecular complexity index is 536. The summed E-state index contributed by atoms with van der Waals surface area (Å²) in [6.07, 6.45) is 0.917. The van der Waals surface area contributed by atoms with Crippen molar-refractivity contribution in [2.24, 2.45) is 0 Å². The van der Waals surface area contributed by atoms with E-state index in [2.05, 4.69) is 0 Å². The summed E-state index contributed by atoms with van der Waals surface area (Å²) in [5.41, 5.74) is 0.707. The lowest BCUT2D eigenvalue weighted by Crippen LogP contribution is -2.21. The van der Waals surface area contributed by atoms with Crippen LogP contribution in [0.15, 0.2) is 29.2 Å². The van der Waals surface area contributed by atoms with E-state index in [-0.39, 0.29) is 0 Å². The van der Waals surface area contributed by atoms with E-state index in [1.165, 1.54) is 0 Å². The zero-order chi connectivity index (χ0) is 11.1. The standard InChI is InChI=1S/C11H11NO2S/c1-9-4-2-3-5-10(9)15(13,14)11(8-12)6-7-11/h2-5H,6-7H2,1H3. The predicted octanol–water partition coefficient (Wildman–Crippen LogP) is 1.82. The van der Waals surface area contributed by atoms with Crippen LogP contribution >= 0.6 is 0 Å². The average molecular weight is 221 g/mol. The molecule has 0 spiro atoms. The van der Waals surface area contributed by atoms with Crippen molar-refractivity contribution in [3.05, 3.63) is 29.8 Å². The molecule has 0 bridgehead atoms. The van der Waals surface area contributed by atoms with Crippen LogP contribution in [0.4, 0.5) is 0 Å². The van der Waals surface area contributed by atoms with Gasteiger partial charge in [-0.15, -0.1) is 0 Å². The summed E-state index contributed by atoms with van der Waals surface area (Å²) >= 11 is 0. The molecule has 2 rings (SSSR count). The normalized spacial score (nSPS) is 18.1. The molecule has 0 N–H and O–H groups in total. The molecule has 0 saturated heterocycles. The van der Waals surface area contributed by atoms with Crippen LogP contribution in [-0.4, -0.2) is 13.2 Å². The summed E-state index contributed by atoms with van der Waals surface area (Å²) in [6.45, 7) is 1.75. The number of sulfone groups is 1. The Hall–Kier alpha value is -1.34. The van der Waals surface area contributed by atoms with Crippen molar-refractivity contribution in [1.82, 2.24) is 0 Å². The first-order valence-electron chi connectivity index (χ1n) is 4.75. The largest absolute Gasteiger partial charge is 0.222 e. The molecule has 4 heteroatoms. The second-order valence-corrected chi connectivity index (χ2v) is 6.10. The molecule has 1 aromatic rings. The van der Waals surface area contributed by atoms with Crippen molar-refractivity contribution < 1.29 is 8.42 Å². The molecule has 0 aromatic heterocycles. The summed E-state index contributed by atoms with van der Waals surface area (Å²) < 4.78 is 23.2. The summed E-state index contributed by atoms with van der Waals surface area (Å²) in [6, 6.07) is 8.73. The van der Waals surface area contributed by atoms with Gasteiger partial charge in [0.15, 0.2) is 14.6 Å². The first kappa shape index (κ1) is 10.2. The van der Waals surface area contributed by atoms with Gasteiger partial charge >= 0.3 is 0 Å². The zero-order valence-electron chi connectivity index (χ0n) is 8.40. The molecule has 1 aromatic carbocycles. The lowest BCUT2D eigenvalue weighted by molar-refractivity contribution is 0.587. The molecule has 0 aliphatic heterocycles. The van der Waals surface area contributed by atoms with Crippen LogP contribution in [0.25, 0.3) is 0 Å². The van der Waals surface area contributed by atoms with E-state index in [4.69, 9.17) is 5.26 Å². The molecule has 1 aliphatic rings. The molecule has 1 aliphatic carbocycles. The fourth-order valence-electron chi connectivity index (χ4n) is 1.62. The zero-order valence-corrected chi connectivity index (χ0v) is 9.21. The topological polar surface area (TPSA) is 57.9 Å². The summed E-state index contributed by atoms with van der Waals surface area (Å²) in [4.78, 5) is 0.295. The molecule has 0 heterocycles. The van der Waals surface area contributed by atoms with Crippen molar-refractivity contribution in [2.45, 2.75) is 29.4 Å². The lowest BCUT2D eigenvalue weighted by Gasteiger charge is -2.10. The van der Waals surface area contributed by atoms with Crippen molar-refractivity contribution in [1.29, 1.82) is 5.26 Å². The molecule has 1 fully saturated rings. The third-order valence-corrected chi connectivity index (χ3v) is 5.37. The molecule has 0 atom stereocenters. The van der Waals surface area contributed by atoms with E-state index in [0.29, 0.717) is 23.3 Å². The Morgan fingerprint density at radius 3 is 2.40 bits per heavy atom. The number of nitrogens with zero attached hydrogens (tertiary/aromatic N) is 1. The van der Waals surface area contributed by atoms with Crippen molar-refractivity contribution in [2.75, 3.05) is 0 Å². The van der Waals surface area contributed by atoms with Gasteiger partial charge in [0.1, 0.15) is 0 Å².